The summed E-state index contributed by atoms with van der Waals surface area (Å²) in [7, 11) is 7.59. The molecule has 8 heteroatoms. The number of hydrogen-bond acceptors (Lipinski definition) is 8. The second-order valence-electron chi connectivity index (χ2n) is 8.90. The van der Waals surface area contributed by atoms with Crippen LogP contribution in [0.5, 0.6) is 0 Å². The molecule has 0 amide bonds. The summed E-state index contributed by atoms with van der Waals surface area (Å²) in [6, 6.07) is 39.7. The molecule has 4 aromatic rings. The van der Waals surface area contributed by atoms with Crippen LogP contribution in [-0.4, -0.2) is 52.0 Å². The maximum absolute atomic E-state index is 4.92. The van der Waals surface area contributed by atoms with E-state index < -0.39 is 0 Å². The maximum Gasteiger partial charge on any atom is 0.133 e. The van der Waals surface area contributed by atoms with E-state index >= 15 is 0 Å². The van der Waals surface area contributed by atoms with Crippen molar-refractivity contribution in [3.05, 3.63) is 121 Å². The summed E-state index contributed by atoms with van der Waals surface area (Å²) < 4.78 is 0. The minimum Gasteiger partial charge on any atom is -0.269 e. The molecule has 8 nitrogen and oxygen atoms in total. The second-order valence-corrected chi connectivity index (χ2v) is 8.90. The van der Waals surface area contributed by atoms with Gasteiger partial charge >= 0.3 is 0 Å². The number of benzene rings is 4. The molecule has 0 saturated carbocycles. The molecule has 0 saturated heterocycles. The number of hydrazone groups is 4. The molecule has 4 rings (SSSR count). The molecule has 4 aromatic carbocycles. The molecule has 0 radical (unpaired) electrons. The van der Waals surface area contributed by atoms with Crippen LogP contribution < -0.4 is 20.0 Å². The third-order valence-corrected chi connectivity index (χ3v) is 6.00. The highest BCUT2D eigenvalue weighted by atomic mass is 15.5. The predicted molar refractivity (Wildman–Crippen MR) is 171 cm³/mol. The van der Waals surface area contributed by atoms with Crippen molar-refractivity contribution in [1.29, 1.82) is 0 Å². The average molecular weight is 531 g/mol. The average Bonchev–Trinajstić information content (AvgIpc) is 3.02. The van der Waals surface area contributed by atoms with Crippen LogP contribution in [0.4, 0.5) is 22.7 Å². The lowest BCUT2D eigenvalue weighted by Gasteiger charge is -2.18. The molecule has 0 aromatic heterocycles. The summed E-state index contributed by atoms with van der Waals surface area (Å²) in [4.78, 5) is 0. The molecule has 0 aliphatic rings. The topological polar surface area (TPSA) is 62.4 Å². The largest absolute Gasteiger partial charge is 0.269 e. The molecule has 0 aliphatic carbocycles. The third kappa shape index (κ3) is 7.88. The highest BCUT2D eigenvalue weighted by Gasteiger charge is 2.12. The Morgan fingerprint density at radius 2 is 0.650 bits per heavy atom. The molecule has 0 atom stereocenters. The van der Waals surface area contributed by atoms with Gasteiger partial charge in [0, 0.05) is 28.2 Å². The minimum absolute atomic E-state index is 0.530. The van der Waals surface area contributed by atoms with Crippen molar-refractivity contribution in [3.63, 3.8) is 0 Å². The van der Waals surface area contributed by atoms with Crippen LogP contribution in [0.3, 0.4) is 0 Å². The zero-order chi connectivity index (χ0) is 28.2. The standard InChI is InChI=1S/C32H34N8/c1-37(27-17-9-5-10-18-27)33-25-31(35-39(3)29-21-13-7-14-22-29)32(36-40(4)30-23-15-8-16-24-30)26-34-38(2)28-19-11-6-12-20-28/h5-26H,1-4H3/b33-25+,34-26+,35-31-,36-32+. The van der Waals surface area contributed by atoms with E-state index in [0.29, 0.717) is 11.4 Å². The number of rotatable bonds is 11. The van der Waals surface area contributed by atoms with E-state index in [-0.39, 0.29) is 0 Å². The first kappa shape index (κ1) is 27.8. The Bertz CT molecular complexity index is 1320. The maximum atomic E-state index is 4.92. The van der Waals surface area contributed by atoms with Gasteiger partial charge in [-0.05, 0) is 48.5 Å². The van der Waals surface area contributed by atoms with Crippen molar-refractivity contribution < 1.29 is 0 Å². The van der Waals surface area contributed by atoms with Crippen molar-refractivity contribution in [2.24, 2.45) is 20.4 Å². The quantitative estimate of drug-likeness (QED) is 0.171. The van der Waals surface area contributed by atoms with Crippen LogP contribution in [0, 0.1) is 0 Å². The summed E-state index contributed by atoms with van der Waals surface area (Å²) in [5.74, 6) is 0. The molecular weight excluding hydrogens is 496 g/mol. The van der Waals surface area contributed by atoms with Gasteiger partial charge in [0.25, 0.3) is 0 Å². The van der Waals surface area contributed by atoms with Gasteiger partial charge in [0.05, 0.1) is 35.2 Å². The van der Waals surface area contributed by atoms with Crippen LogP contribution in [0.25, 0.3) is 0 Å². The van der Waals surface area contributed by atoms with E-state index in [9.17, 15) is 0 Å². The van der Waals surface area contributed by atoms with Gasteiger partial charge in [-0.1, -0.05) is 72.8 Å². The first-order valence-electron chi connectivity index (χ1n) is 12.9. The monoisotopic (exact) mass is 530 g/mol. The van der Waals surface area contributed by atoms with Gasteiger partial charge in [-0.3, -0.25) is 20.0 Å². The Labute approximate surface area is 236 Å². The van der Waals surface area contributed by atoms with Crippen LogP contribution in [0.1, 0.15) is 0 Å². The van der Waals surface area contributed by atoms with Crippen LogP contribution in [0.2, 0.25) is 0 Å². The van der Waals surface area contributed by atoms with Crippen molar-refractivity contribution >= 4 is 46.6 Å². The lowest BCUT2D eigenvalue weighted by atomic mass is 10.2. The molecule has 202 valence electrons. The van der Waals surface area contributed by atoms with Crippen molar-refractivity contribution in [2.75, 3.05) is 48.2 Å². The van der Waals surface area contributed by atoms with Gasteiger partial charge in [0.15, 0.2) is 0 Å². The van der Waals surface area contributed by atoms with Crippen molar-refractivity contribution in [1.82, 2.24) is 0 Å². The third-order valence-electron chi connectivity index (χ3n) is 6.00. The molecule has 0 unspecified atom stereocenters. The van der Waals surface area contributed by atoms with E-state index in [0.717, 1.165) is 22.7 Å². The lowest BCUT2D eigenvalue weighted by molar-refractivity contribution is 1.01. The molecule has 0 bridgehead atoms. The highest BCUT2D eigenvalue weighted by molar-refractivity contribution is 6.75. The van der Waals surface area contributed by atoms with Crippen molar-refractivity contribution in [2.45, 2.75) is 0 Å². The van der Waals surface area contributed by atoms with Gasteiger partial charge in [0.2, 0.25) is 0 Å². The lowest BCUT2D eigenvalue weighted by Crippen LogP contribution is -2.28. The Hall–Kier alpha value is -5.24. The van der Waals surface area contributed by atoms with Gasteiger partial charge in [-0.25, -0.2) is 0 Å². The van der Waals surface area contributed by atoms with Crippen LogP contribution in [0.15, 0.2) is 142 Å². The van der Waals surface area contributed by atoms with E-state index in [2.05, 4.69) is 0 Å². The molecule has 0 spiro atoms. The fourth-order valence-corrected chi connectivity index (χ4v) is 3.72. The number of anilines is 4. The number of para-hydroxylation sites is 4. The summed E-state index contributed by atoms with van der Waals surface area (Å²) in [6.45, 7) is 0. The smallest absolute Gasteiger partial charge is 0.133 e. The molecular formula is C32H34N8. The minimum atomic E-state index is 0.530. The summed E-state index contributed by atoms with van der Waals surface area (Å²) >= 11 is 0. The Balaban J connectivity index is 1.77. The number of nitrogens with zero attached hydrogens (tertiary/aromatic N) is 8. The van der Waals surface area contributed by atoms with Gasteiger partial charge in [0.1, 0.15) is 11.4 Å². The van der Waals surface area contributed by atoms with Crippen LogP contribution in [-0.2, 0) is 0 Å². The van der Waals surface area contributed by atoms with E-state index in [4.69, 9.17) is 20.4 Å². The molecule has 0 heterocycles. The van der Waals surface area contributed by atoms with E-state index in [1.807, 2.05) is 150 Å². The summed E-state index contributed by atoms with van der Waals surface area (Å²) in [6.07, 6.45) is 3.41. The first-order chi connectivity index (χ1) is 19.5. The Morgan fingerprint density at radius 1 is 0.400 bits per heavy atom. The zero-order valence-corrected chi connectivity index (χ0v) is 23.3. The molecule has 0 N–H and O–H groups in total. The van der Waals surface area contributed by atoms with Crippen LogP contribution >= 0.6 is 0 Å². The second kappa shape index (κ2) is 14.1. The summed E-state index contributed by atoms with van der Waals surface area (Å²) in [5, 5.41) is 26.4. The van der Waals surface area contributed by atoms with E-state index in [1.165, 1.54) is 0 Å². The molecule has 40 heavy (non-hydrogen) atoms. The van der Waals surface area contributed by atoms with Gasteiger partial charge in [-0.15, -0.1) is 0 Å². The predicted octanol–water partition coefficient (Wildman–Crippen LogP) is 6.22. The van der Waals surface area contributed by atoms with Crippen molar-refractivity contribution in [3.8, 4) is 0 Å². The van der Waals surface area contributed by atoms with Gasteiger partial charge in [-0.2, -0.15) is 20.4 Å². The first-order valence-corrected chi connectivity index (χ1v) is 12.9. The SMILES string of the molecule is CN(/N=C(/C=N/N(C)c1ccccc1)C(\C=N\N(C)c1ccccc1)=N\N(C)c1ccccc1)c1ccccc1. The van der Waals surface area contributed by atoms with E-state index in [1.54, 1.807) is 32.5 Å². The normalized spacial score (nSPS) is 12.1. The Kier molecular flexibility index (Phi) is 9.77. The Morgan fingerprint density at radius 3 is 0.925 bits per heavy atom. The number of hydrogen-bond donors (Lipinski definition) is 0. The van der Waals surface area contributed by atoms with Gasteiger partial charge < -0.3 is 0 Å². The molecule has 0 fully saturated rings. The zero-order valence-electron chi connectivity index (χ0n) is 23.3. The highest BCUT2D eigenvalue weighted by Crippen LogP contribution is 2.15. The summed E-state index contributed by atoms with van der Waals surface area (Å²) in [5.41, 5.74) is 4.82. The fourth-order valence-electron chi connectivity index (χ4n) is 3.72. The fraction of sp³-hybridized carbons (Fsp3) is 0.125. The molecule has 0 aliphatic heterocycles.